The number of benzene rings is 9. The first kappa shape index (κ1) is 33.2. The molecule has 0 atom stereocenters. The summed E-state index contributed by atoms with van der Waals surface area (Å²) in [5.74, 6) is 0. The minimum Gasteiger partial charge on any atom is -0.456 e. The number of nitrogens with zero attached hydrogens (tertiary/aromatic N) is 1. The van der Waals surface area contributed by atoms with Crippen LogP contribution in [0.3, 0.4) is 0 Å². The van der Waals surface area contributed by atoms with Gasteiger partial charge in [-0.2, -0.15) is 0 Å². The maximum atomic E-state index is 6.58. The Hall–Kier alpha value is -6.98. The molecule has 0 amide bonds. The number of fused-ring (bicyclic) bond motifs is 9. The van der Waals surface area contributed by atoms with Gasteiger partial charge in [0.25, 0.3) is 0 Å². The molecular formula is C54H33NOS2. The Morgan fingerprint density at radius 2 is 1.03 bits per heavy atom. The molecule has 2 nitrogen and oxygen atoms in total. The van der Waals surface area contributed by atoms with Crippen LogP contribution in [0.25, 0.3) is 95.7 Å². The number of furan rings is 1. The van der Waals surface area contributed by atoms with Crippen LogP contribution in [0.4, 0.5) is 17.1 Å². The molecule has 0 saturated carbocycles. The van der Waals surface area contributed by atoms with E-state index in [9.17, 15) is 0 Å². The molecule has 3 heterocycles. The molecule has 9 aromatic carbocycles. The maximum absolute atomic E-state index is 6.58. The van der Waals surface area contributed by atoms with Gasteiger partial charge in [0.05, 0.1) is 16.1 Å². The van der Waals surface area contributed by atoms with Crippen LogP contribution in [0, 0.1) is 0 Å². The van der Waals surface area contributed by atoms with E-state index in [1.54, 1.807) is 0 Å². The first-order valence-electron chi connectivity index (χ1n) is 19.6. The van der Waals surface area contributed by atoms with E-state index in [0.29, 0.717) is 0 Å². The van der Waals surface area contributed by atoms with Crippen LogP contribution in [0.15, 0.2) is 205 Å². The highest BCUT2D eigenvalue weighted by Gasteiger charge is 2.25. The van der Waals surface area contributed by atoms with Crippen molar-refractivity contribution in [3.63, 3.8) is 0 Å². The molecule has 0 N–H and O–H groups in total. The third kappa shape index (κ3) is 5.23. The van der Waals surface area contributed by atoms with Crippen molar-refractivity contribution in [2.45, 2.75) is 0 Å². The van der Waals surface area contributed by atoms with Crippen molar-refractivity contribution in [3.05, 3.63) is 200 Å². The van der Waals surface area contributed by atoms with Gasteiger partial charge in [-0.1, -0.05) is 152 Å². The second-order valence-electron chi connectivity index (χ2n) is 14.8. The Kier molecular flexibility index (Phi) is 7.62. The number of thiophene rings is 2. The van der Waals surface area contributed by atoms with Crippen LogP contribution < -0.4 is 4.90 Å². The zero-order valence-electron chi connectivity index (χ0n) is 31.2. The summed E-state index contributed by atoms with van der Waals surface area (Å²) in [7, 11) is 0. The molecule has 0 fully saturated rings. The zero-order valence-corrected chi connectivity index (χ0v) is 32.9. The summed E-state index contributed by atoms with van der Waals surface area (Å²) in [6.07, 6.45) is 0. The molecule has 4 heteroatoms. The summed E-state index contributed by atoms with van der Waals surface area (Å²) in [6, 6.07) is 72.6. The fourth-order valence-corrected chi connectivity index (χ4v) is 11.3. The molecule has 0 unspecified atom stereocenters. The fourth-order valence-electron chi connectivity index (χ4n) is 8.83. The van der Waals surface area contributed by atoms with E-state index in [4.69, 9.17) is 4.42 Å². The average molecular weight is 776 g/mol. The van der Waals surface area contributed by atoms with E-state index >= 15 is 0 Å². The first-order valence-corrected chi connectivity index (χ1v) is 21.2. The molecular weight excluding hydrogens is 743 g/mol. The lowest BCUT2D eigenvalue weighted by Gasteiger charge is -2.27. The smallest absolute Gasteiger partial charge is 0.136 e. The highest BCUT2D eigenvalue weighted by Crippen LogP contribution is 2.52. The van der Waals surface area contributed by atoms with E-state index in [1.165, 1.54) is 73.7 Å². The van der Waals surface area contributed by atoms with Crippen molar-refractivity contribution >= 4 is 102 Å². The van der Waals surface area contributed by atoms with Crippen molar-refractivity contribution in [3.8, 4) is 33.4 Å². The minimum absolute atomic E-state index is 0.876. The van der Waals surface area contributed by atoms with Gasteiger partial charge in [0, 0.05) is 52.1 Å². The molecule has 3 aromatic heterocycles. The molecule has 272 valence electrons. The molecule has 12 rings (SSSR count). The Balaban J connectivity index is 1.18. The van der Waals surface area contributed by atoms with Gasteiger partial charge >= 0.3 is 0 Å². The normalized spacial score (nSPS) is 11.8. The second-order valence-corrected chi connectivity index (χ2v) is 16.9. The molecule has 0 aliphatic rings. The maximum Gasteiger partial charge on any atom is 0.136 e. The number of anilines is 3. The minimum atomic E-state index is 0.876. The quantitative estimate of drug-likeness (QED) is 0.167. The highest BCUT2D eigenvalue weighted by molar-refractivity contribution is 7.27. The summed E-state index contributed by atoms with van der Waals surface area (Å²) in [6.45, 7) is 0. The summed E-state index contributed by atoms with van der Waals surface area (Å²) in [5, 5.41) is 7.28. The van der Waals surface area contributed by atoms with Gasteiger partial charge in [-0.25, -0.2) is 0 Å². The Bertz CT molecular complexity index is 3510. The molecule has 0 radical (unpaired) electrons. The van der Waals surface area contributed by atoms with E-state index in [0.717, 1.165) is 39.0 Å². The summed E-state index contributed by atoms with van der Waals surface area (Å²) >= 11 is 3.75. The predicted molar refractivity (Wildman–Crippen MR) is 250 cm³/mol. The molecule has 0 saturated heterocycles. The van der Waals surface area contributed by atoms with Crippen LogP contribution in [0.1, 0.15) is 0 Å². The van der Waals surface area contributed by atoms with E-state index in [1.807, 2.05) is 22.7 Å². The van der Waals surface area contributed by atoms with Gasteiger partial charge in [-0.3, -0.25) is 0 Å². The molecule has 58 heavy (non-hydrogen) atoms. The summed E-state index contributed by atoms with van der Waals surface area (Å²) < 4.78 is 11.7. The largest absolute Gasteiger partial charge is 0.456 e. The number of hydrogen-bond acceptors (Lipinski definition) is 4. The van der Waals surface area contributed by atoms with Crippen molar-refractivity contribution in [2.24, 2.45) is 0 Å². The van der Waals surface area contributed by atoms with Crippen LogP contribution in [-0.4, -0.2) is 0 Å². The van der Waals surface area contributed by atoms with Crippen molar-refractivity contribution in [1.29, 1.82) is 0 Å². The molecule has 12 aromatic rings. The van der Waals surface area contributed by atoms with Crippen molar-refractivity contribution in [2.75, 3.05) is 4.90 Å². The van der Waals surface area contributed by atoms with Crippen molar-refractivity contribution < 1.29 is 4.42 Å². The predicted octanol–water partition coefficient (Wildman–Crippen LogP) is 16.8. The standard InChI is InChI=1S/C54H33NOS2/c1-4-14-34(15-5-1)37-26-28-43-50(32-37)58-54-40(36-18-8-3-9-19-36)29-30-45(52(43)54)55(46-23-12-22-42-41-20-10-11-25-49(41)57-53(42)46)38-27-31-47-44(33-38)51-39(21-13-24-48(51)56-47)35-16-6-2-7-17-35/h1-33H. The second kappa shape index (κ2) is 13.3. The summed E-state index contributed by atoms with van der Waals surface area (Å²) in [4.78, 5) is 2.51. The van der Waals surface area contributed by atoms with Gasteiger partial charge in [-0.05, 0) is 81.9 Å². The Morgan fingerprint density at radius 1 is 0.345 bits per heavy atom. The Labute approximate surface area is 343 Å². The van der Waals surface area contributed by atoms with Gasteiger partial charge < -0.3 is 9.32 Å². The Morgan fingerprint density at radius 3 is 1.84 bits per heavy atom. The summed E-state index contributed by atoms with van der Waals surface area (Å²) in [5.41, 5.74) is 12.4. The monoisotopic (exact) mass is 775 g/mol. The average Bonchev–Trinajstić information content (AvgIpc) is 3.99. The lowest BCUT2D eigenvalue weighted by atomic mass is 9.98. The van der Waals surface area contributed by atoms with Crippen LogP contribution in [0.5, 0.6) is 0 Å². The fraction of sp³-hybridized carbons (Fsp3) is 0. The topological polar surface area (TPSA) is 16.4 Å². The van der Waals surface area contributed by atoms with E-state index < -0.39 is 0 Å². The van der Waals surface area contributed by atoms with Crippen LogP contribution in [-0.2, 0) is 0 Å². The van der Waals surface area contributed by atoms with E-state index in [-0.39, 0.29) is 0 Å². The lowest BCUT2D eigenvalue weighted by molar-refractivity contribution is 0.669. The number of hydrogen-bond donors (Lipinski definition) is 0. The van der Waals surface area contributed by atoms with Crippen LogP contribution in [0.2, 0.25) is 0 Å². The molecule has 0 aliphatic heterocycles. The first-order chi connectivity index (χ1) is 28.8. The highest BCUT2D eigenvalue weighted by atomic mass is 32.1. The third-order valence-corrected chi connectivity index (χ3v) is 13.9. The van der Waals surface area contributed by atoms with E-state index in [2.05, 4.69) is 205 Å². The third-order valence-electron chi connectivity index (χ3n) is 11.5. The molecule has 0 aliphatic carbocycles. The zero-order chi connectivity index (χ0) is 38.2. The van der Waals surface area contributed by atoms with Crippen LogP contribution >= 0.6 is 22.7 Å². The lowest BCUT2D eigenvalue weighted by Crippen LogP contribution is -2.10. The van der Waals surface area contributed by atoms with Gasteiger partial charge in [0.15, 0.2) is 0 Å². The molecule has 0 bridgehead atoms. The van der Waals surface area contributed by atoms with Crippen molar-refractivity contribution in [1.82, 2.24) is 0 Å². The van der Waals surface area contributed by atoms with Gasteiger partial charge in [-0.15, -0.1) is 22.7 Å². The molecule has 0 spiro atoms. The van der Waals surface area contributed by atoms with Gasteiger partial charge in [0.2, 0.25) is 0 Å². The van der Waals surface area contributed by atoms with Gasteiger partial charge in [0.1, 0.15) is 11.2 Å². The number of rotatable bonds is 6. The SMILES string of the molecule is c1ccc(-c2ccc3c(c2)sc2c(-c4ccccc4)ccc(N(c4ccc5oc6cccc(-c7ccccc7)c6c5c4)c4cccc5c4sc4ccccc45)c23)cc1.